The number of fused-ring (bicyclic) bond motifs is 1. The average molecular weight is 258 g/mol. The Morgan fingerprint density at radius 1 is 0.895 bits per heavy atom. The summed E-state index contributed by atoms with van der Waals surface area (Å²) in [5.74, 6) is 0.950. The highest BCUT2D eigenvalue weighted by Crippen LogP contribution is 2.15. The van der Waals surface area contributed by atoms with E-state index in [1.165, 1.54) is 5.39 Å². The normalized spacial score (nSPS) is 9.21. The van der Waals surface area contributed by atoms with Crippen LogP contribution < -0.4 is 0 Å². The van der Waals surface area contributed by atoms with Gasteiger partial charge < -0.3 is 0 Å². The Morgan fingerprint density at radius 2 is 1.37 bits per heavy atom. The first-order valence-corrected chi connectivity index (χ1v) is 7.00. The molecule has 0 atom stereocenters. The van der Waals surface area contributed by atoms with Gasteiger partial charge >= 0.3 is 0 Å². The van der Waals surface area contributed by atoms with E-state index in [1.54, 1.807) is 6.92 Å². The molecular weight excluding hydrogens is 232 g/mol. The predicted molar refractivity (Wildman–Crippen MR) is 85.8 cm³/mol. The molecule has 1 heteroatoms. The van der Waals surface area contributed by atoms with E-state index in [0.717, 1.165) is 16.9 Å². The standard InChI is InChI=1S/C12H10O.C4H10.C2H6/c1-9(13)11-7-6-10-4-2-3-5-12(10)8-11;1-4(2)3;1-2/h2-8H,1H3;4H,1-3H3;1-2H3. The van der Waals surface area contributed by atoms with Crippen LogP contribution in [0.4, 0.5) is 0 Å². The minimum atomic E-state index is 0.116. The van der Waals surface area contributed by atoms with Crippen LogP contribution in [0.25, 0.3) is 10.8 Å². The molecule has 0 radical (unpaired) electrons. The van der Waals surface area contributed by atoms with Crippen LogP contribution >= 0.6 is 0 Å². The van der Waals surface area contributed by atoms with Crippen LogP contribution in [0.5, 0.6) is 0 Å². The Labute approximate surface area is 117 Å². The molecule has 19 heavy (non-hydrogen) atoms. The predicted octanol–water partition coefficient (Wildman–Crippen LogP) is 5.73. The molecule has 0 bridgehead atoms. The first kappa shape index (κ1) is 17.4. The van der Waals surface area contributed by atoms with Gasteiger partial charge in [-0.25, -0.2) is 0 Å². The summed E-state index contributed by atoms with van der Waals surface area (Å²) in [5, 5.41) is 2.29. The summed E-state index contributed by atoms with van der Waals surface area (Å²) >= 11 is 0. The summed E-state index contributed by atoms with van der Waals surface area (Å²) in [6.45, 7) is 12.1. The van der Waals surface area contributed by atoms with Gasteiger partial charge in [0.05, 0.1) is 0 Å². The second-order valence-electron chi connectivity index (χ2n) is 4.85. The van der Waals surface area contributed by atoms with Gasteiger partial charge in [-0.3, -0.25) is 4.79 Å². The average Bonchev–Trinajstić information content (AvgIpc) is 2.40. The van der Waals surface area contributed by atoms with Gasteiger partial charge in [0.1, 0.15) is 0 Å². The molecule has 0 saturated heterocycles. The van der Waals surface area contributed by atoms with Gasteiger partial charge in [-0.15, -0.1) is 0 Å². The van der Waals surface area contributed by atoms with Gasteiger partial charge in [0.25, 0.3) is 0 Å². The molecule has 2 rings (SSSR count). The minimum Gasteiger partial charge on any atom is -0.295 e. The largest absolute Gasteiger partial charge is 0.295 e. The summed E-state index contributed by atoms with van der Waals surface area (Å²) < 4.78 is 0. The van der Waals surface area contributed by atoms with E-state index in [2.05, 4.69) is 20.8 Å². The van der Waals surface area contributed by atoms with Crippen LogP contribution in [0.15, 0.2) is 42.5 Å². The molecule has 0 amide bonds. The molecule has 0 aliphatic carbocycles. The van der Waals surface area contributed by atoms with Crippen molar-refractivity contribution in [3.05, 3.63) is 48.0 Å². The van der Waals surface area contributed by atoms with Gasteiger partial charge in [0, 0.05) is 5.56 Å². The fourth-order valence-corrected chi connectivity index (χ4v) is 1.41. The third-order valence-corrected chi connectivity index (χ3v) is 2.16. The highest BCUT2D eigenvalue weighted by Gasteiger charge is 1.99. The molecule has 0 fully saturated rings. The zero-order chi connectivity index (χ0) is 14.8. The van der Waals surface area contributed by atoms with Crippen LogP contribution in [0.2, 0.25) is 0 Å². The fourth-order valence-electron chi connectivity index (χ4n) is 1.41. The first-order valence-electron chi connectivity index (χ1n) is 7.00. The quantitative estimate of drug-likeness (QED) is 0.597. The molecule has 0 heterocycles. The van der Waals surface area contributed by atoms with Crippen molar-refractivity contribution in [3.63, 3.8) is 0 Å². The maximum Gasteiger partial charge on any atom is 0.159 e. The number of hydrogen-bond donors (Lipinski definition) is 0. The minimum absolute atomic E-state index is 0.116. The lowest BCUT2D eigenvalue weighted by Crippen LogP contribution is -1.90. The zero-order valence-electron chi connectivity index (χ0n) is 13.0. The number of ketones is 1. The first-order chi connectivity index (χ1) is 9.00. The third-order valence-electron chi connectivity index (χ3n) is 2.16. The smallest absolute Gasteiger partial charge is 0.159 e. The molecule has 0 N–H and O–H groups in total. The van der Waals surface area contributed by atoms with E-state index in [0.29, 0.717) is 0 Å². The van der Waals surface area contributed by atoms with Crippen LogP contribution in [0.3, 0.4) is 0 Å². The summed E-state index contributed by atoms with van der Waals surface area (Å²) in [4.78, 5) is 11.1. The Bertz CT molecular complexity index is 495. The number of Topliss-reactive ketones (excluding diaryl/α,β-unsaturated/α-hetero) is 1. The second kappa shape index (κ2) is 9.32. The molecule has 2 aromatic carbocycles. The van der Waals surface area contributed by atoms with Crippen molar-refractivity contribution in [1.29, 1.82) is 0 Å². The number of carbonyl (C=O) groups excluding carboxylic acids is 1. The third kappa shape index (κ3) is 6.76. The Hall–Kier alpha value is -1.63. The molecule has 0 saturated carbocycles. The molecule has 0 spiro atoms. The monoisotopic (exact) mass is 258 g/mol. The van der Waals surface area contributed by atoms with Crippen molar-refractivity contribution in [2.75, 3.05) is 0 Å². The molecule has 0 unspecified atom stereocenters. The van der Waals surface area contributed by atoms with Crippen molar-refractivity contribution < 1.29 is 4.79 Å². The van der Waals surface area contributed by atoms with E-state index >= 15 is 0 Å². The van der Waals surface area contributed by atoms with E-state index in [1.807, 2.05) is 56.3 Å². The lowest BCUT2D eigenvalue weighted by atomic mass is 10.1. The fraction of sp³-hybridized carbons (Fsp3) is 0.389. The molecule has 0 aromatic heterocycles. The van der Waals surface area contributed by atoms with Crippen LogP contribution in [-0.4, -0.2) is 5.78 Å². The van der Waals surface area contributed by atoms with Gasteiger partial charge in [-0.05, 0) is 29.7 Å². The van der Waals surface area contributed by atoms with Gasteiger partial charge in [0.2, 0.25) is 0 Å². The number of hydrogen-bond acceptors (Lipinski definition) is 1. The van der Waals surface area contributed by atoms with Crippen LogP contribution in [0.1, 0.15) is 51.9 Å². The Balaban J connectivity index is 0.000000467. The van der Waals surface area contributed by atoms with Crippen molar-refractivity contribution in [3.8, 4) is 0 Å². The van der Waals surface area contributed by atoms with Gasteiger partial charge in [-0.2, -0.15) is 0 Å². The maximum atomic E-state index is 11.1. The summed E-state index contributed by atoms with van der Waals surface area (Å²) in [5.41, 5.74) is 0.777. The van der Waals surface area contributed by atoms with Crippen molar-refractivity contribution in [2.45, 2.75) is 41.5 Å². The van der Waals surface area contributed by atoms with Gasteiger partial charge in [0.15, 0.2) is 5.78 Å². The molecular formula is C18H26O. The van der Waals surface area contributed by atoms with E-state index in [-0.39, 0.29) is 5.78 Å². The lowest BCUT2D eigenvalue weighted by Gasteiger charge is -1.99. The molecule has 2 aromatic rings. The van der Waals surface area contributed by atoms with Crippen LogP contribution in [0, 0.1) is 5.92 Å². The number of rotatable bonds is 1. The van der Waals surface area contributed by atoms with Crippen molar-refractivity contribution in [2.24, 2.45) is 5.92 Å². The van der Waals surface area contributed by atoms with E-state index < -0.39 is 0 Å². The SMILES string of the molecule is CC.CC(=O)c1ccc2ccccc2c1.CC(C)C. The molecule has 0 aliphatic heterocycles. The van der Waals surface area contributed by atoms with Crippen molar-refractivity contribution >= 4 is 16.6 Å². The number of carbonyl (C=O) groups is 1. The lowest BCUT2D eigenvalue weighted by molar-refractivity contribution is 0.101. The Morgan fingerprint density at radius 3 is 1.84 bits per heavy atom. The highest BCUT2D eigenvalue weighted by atomic mass is 16.1. The zero-order valence-corrected chi connectivity index (χ0v) is 13.0. The molecule has 104 valence electrons. The summed E-state index contributed by atoms with van der Waals surface area (Å²) in [6.07, 6.45) is 0. The van der Waals surface area contributed by atoms with E-state index in [4.69, 9.17) is 0 Å². The topological polar surface area (TPSA) is 17.1 Å². The summed E-state index contributed by atoms with van der Waals surface area (Å²) in [7, 11) is 0. The summed E-state index contributed by atoms with van der Waals surface area (Å²) in [6, 6.07) is 13.8. The maximum absolute atomic E-state index is 11.1. The molecule has 0 aliphatic rings. The number of benzene rings is 2. The van der Waals surface area contributed by atoms with Gasteiger partial charge in [-0.1, -0.05) is 71.0 Å². The Kier molecular flexibility index (Phi) is 8.52. The highest BCUT2D eigenvalue weighted by molar-refractivity contribution is 5.98. The second-order valence-corrected chi connectivity index (χ2v) is 4.85. The molecule has 1 nitrogen and oxygen atoms in total. The van der Waals surface area contributed by atoms with Crippen LogP contribution in [-0.2, 0) is 0 Å². The van der Waals surface area contributed by atoms with Crippen molar-refractivity contribution in [1.82, 2.24) is 0 Å². The van der Waals surface area contributed by atoms with E-state index in [9.17, 15) is 4.79 Å².